The number of benzene rings is 2. The summed E-state index contributed by atoms with van der Waals surface area (Å²) in [5.74, 6) is -0.832. The van der Waals surface area contributed by atoms with Crippen LogP contribution in [0.15, 0.2) is 60.7 Å². The highest BCUT2D eigenvalue weighted by molar-refractivity contribution is 6.04. The molecule has 29 heavy (non-hydrogen) atoms. The summed E-state index contributed by atoms with van der Waals surface area (Å²) < 4.78 is 5.21. The molecule has 3 aromatic rings. The Bertz CT molecular complexity index is 989. The van der Waals surface area contributed by atoms with Gasteiger partial charge < -0.3 is 15.0 Å². The number of rotatable bonds is 8. The van der Waals surface area contributed by atoms with E-state index in [2.05, 4.69) is 15.2 Å². The summed E-state index contributed by atoms with van der Waals surface area (Å²) in [6.45, 7) is 2.85. The number of aryl methyl sites for hydroxylation is 1. The lowest BCUT2D eigenvalue weighted by atomic mass is 10.1. The molecule has 0 unspecified atom stereocenters. The lowest BCUT2D eigenvalue weighted by Gasteiger charge is -2.19. The first kappa shape index (κ1) is 20.3. The molecule has 0 aliphatic heterocycles. The second-order valence-electron chi connectivity index (χ2n) is 6.87. The van der Waals surface area contributed by atoms with Crippen LogP contribution in [0.1, 0.15) is 22.5 Å². The van der Waals surface area contributed by atoms with Crippen molar-refractivity contribution in [3.63, 3.8) is 0 Å². The van der Waals surface area contributed by atoms with E-state index >= 15 is 0 Å². The SMILES string of the molecule is Cc1cc(C(=O)OCC(=O)NCCCN(C)c2ccccc2)c2ccccc2n1. The molecule has 3 rings (SSSR count). The Morgan fingerprint density at radius 2 is 1.79 bits per heavy atom. The number of hydrogen-bond acceptors (Lipinski definition) is 5. The smallest absolute Gasteiger partial charge is 0.339 e. The Labute approximate surface area is 170 Å². The largest absolute Gasteiger partial charge is 0.452 e. The summed E-state index contributed by atoms with van der Waals surface area (Å²) in [6.07, 6.45) is 0.791. The standard InChI is InChI=1S/C23H25N3O3/c1-17-15-20(19-11-6-7-12-21(19)25-17)23(28)29-16-22(27)24-13-8-14-26(2)18-9-4-3-5-10-18/h3-7,9-12,15H,8,13-14,16H2,1-2H3,(H,24,27). The van der Waals surface area contributed by atoms with Gasteiger partial charge in [-0.25, -0.2) is 4.79 Å². The summed E-state index contributed by atoms with van der Waals surface area (Å²) in [5, 5.41) is 3.50. The Morgan fingerprint density at radius 3 is 2.59 bits per heavy atom. The Kier molecular flexibility index (Phi) is 6.79. The van der Waals surface area contributed by atoms with Gasteiger partial charge in [-0.3, -0.25) is 9.78 Å². The third kappa shape index (κ3) is 5.54. The monoisotopic (exact) mass is 391 g/mol. The number of carbonyl (C=O) groups excluding carboxylic acids is 2. The quantitative estimate of drug-likeness (QED) is 0.471. The van der Waals surface area contributed by atoms with Gasteiger partial charge in [0.15, 0.2) is 6.61 Å². The van der Waals surface area contributed by atoms with Crippen LogP contribution in [0.2, 0.25) is 0 Å². The van der Waals surface area contributed by atoms with Crippen LogP contribution in [0.3, 0.4) is 0 Å². The van der Waals surface area contributed by atoms with Crippen LogP contribution in [0.25, 0.3) is 10.9 Å². The zero-order valence-corrected chi connectivity index (χ0v) is 16.7. The van der Waals surface area contributed by atoms with Crippen molar-refractivity contribution in [3.05, 3.63) is 71.9 Å². The average molecular weight is 391 g/mol. The minimum absolute atomic E-state index is 0.303. The first-order valence-corrected chi connectivity index (χ1v) is 9.61. The highest BCUT2D eigenvalue weighted by Crippen LogP contribution is 2.19. The van der Waals surface area contributed by atoms with Gasteiger partial charge in [0.2, 0.25) is 0 Å². The maximum Gasteiger partial charge on any atom is 0.339 e. The summed E-state index contributed by atoms with van der Waals surface area (Å²) in [4.78, 5) is 31.0. The van der Waals surface area contributed by atoms with Gasteiger partial charge in [0, 0.05) is 36.9 Å². The van der Waals surface area contributed by atoms with Crippen LogP contribution >= 0.6 is 0 Å². The number of fused-ring (bicyclic) bond motifs is 1. The van der Waals surface area contributed by atoms with Crippen molar-refractivity contribution < 1.29 is 14.3 Å². The second-order valence-corrected chi connectivity index (χ2v) is 6.87. The van der Waals surface area contributed by atoms with E-state index < -0.39 is 5.97 Å². The van der Waals surface area contributed by atoms with E-state index in [4.69, 9.17) is 4.74 Å². The van der Waals surface area contributed by atoms with Gasteiger partial charge in [-0.05, 0) is 37.6 Å². The molecule has 150 valence electrons. The minimum atomic E-state index is -0.523. The van der Waals surface area contributed by atoms with Gasteiger partial charge in [0.05, 0.1) is 11.1 Å². The lowest BCUT2D eigenvalue weighted by Crippen LogP contribution is -2.31. The highest BCUT2D eigenvalue weighted by Gasteiger charge is 2.14. The minimum Gasteiger partial charge on any atom is -0.452 e. The van der Waals surface area contributed by atoms with E-state index in [1.54, 1.807) is 6.07 Å². The summed E-state index contributed by atoms with van der Waals surface area (Å²) >= 11 is 0. The normalized spacial score (nSPS) is 10.6. The van der Waals surface area contributed by atoms with Crippen LogP contribution in [0.4, 0.5) is 5.69 Å². The molecule has 0 spiro atoms. The summed E-state index contributed by atoms with van der Waals surface area (Å²) in [5.41, 5.74) is 3.01. The van der Waals surface area contributed by atoms with Crippen molar-refractivity contribution in [3.8, 4) is 0 Å². The van der Waals surface area contributed by atoms with Crippen molar-refractivity contribution in [1.29, 1.82) is 0 Å². The molecule has 1 aromatic heterocycles. The molecule has 0 fully saturated rings. The molecule has 0 saturated heterocycles. The average Bonchev–Trinajstić information content (AvgIpc) is 2.74. The van der Waals surface area contributed by atoms with Crippen molar-refractivity contribution in [2.24, 2.45) is 0 Å². The van der Waals surface area contributed by atoms with E-state index in [-0.39, 0.29) is 12.5 Å². The number of pyridine rings is 1. The Hall–Kier alpha value is -3.41. The molecular formula is C23H25N3O3. The molecule has 2 aromatic carbocycles. The molecule has 0 radical (unpaired) electrons. The topological polar surface area (TPSA) is 71.5 Å². The third-order valence-electron chi connectivity index (χ3n) is 4.59. The van der Waals surface area contributed by atoms with E-state index in [9.17, 15) is 9.59 Å². The highest BCUT2D eigenvalue weighted by atomic mass is 16.5. The molecule has 0 bridgehead atoms. The third-order valence-corrected chi connectivity index (χ3v) is 4.59. The van der Waals surface area contributed by atoms with Gasteiger partial charge >= 0.3 is 5.97 Å². The Balaban J connectivity index is 1.44. The van der Waals surface area contributed by atoms with Crippen LogP contribution < -0.4 is 10.2 Å². The predicted octanol–water partition coefficient (Wildman–Crippen LogP) is 3.34. The van der Waals surface area contributed by atoms with E-state index in [1.807, 2.05) is 68.6 Å². The molecule has 0 aliphatic rings. The van der Waals surface area contributed by atoms with Crippen molar-refractivity contribution in [2.75, 3.05) is 31.6 Å². The summed E-state index contributed by atoms with van der Waals surface area (Å²) in [7, 11) is 2.01. The number of nitrogens with zero attached hydrogens (tertiary/aromatic N) is 2. The van der Waals surface area contributed by atoms with Gasteiger partial charge in [-0.15, -0.1) is 0 Å². The molecular weight excluding hydrogens is 366 g/mol. The molecule has 0 saturated carbocycles. The number of amides is 1. The number of ether oxygens (including phenoxy) is 1. The number of carbonyl (C=O) groups is 2. The molecule has 6 nitrogen and oxygen atoms in total. The van der Waals surface area contributed by atoms with Crippen molar-refractivity contribution >= 4 is 28.5 Å². The van der Waals surface area contributed by atoms with E-state index in [0.29, 0.717) is 17.5 Å². The molecule has 1 heterocycles. The van der Waals surface area contributed by atoms with Gasteiger partial charge in [-0.2, -0.15) is 0 Å². The van der Waals surface area contributed by atoms with Crippen LogP contribution in [0, 0.1) is 6.92 Å². The number of hydrogen-bond donors (Lipinski definition) is 1. The first-order valence-electron chi connectivity index (χ1n) is 9.61. The number of para-hydroxylation sites is 2. The fourth-order valence-corrected chi connectivity index (χ4v) is 3.09. The maximum absolute atomic E-state index is 12.5. The molecule has 0 atom stereocenters. The van der Waals surface area contributed by atoms with Crippen molar-refractivity contribution in [2.45, 2.75) is 13.3 Å². The molecule has 1 N–H and O–H groups in total. The number of aromatic nitrogens is 1. The fraction of sp³-hybridized carbons (Fsp3) is 0.261. The zero-order valence-electron chi connectivity index (χ0n) is 16.7. The van der Waals surface area contributed by atoms with Crippen LogP contribution in [-0.2, 0) is 9.53 Å². The lowest BCUT2D eigenvalue weighted by molar-refractivity contribution is -0.124. The van der Waals surface area contributed by atoms with Gasteiger partial charge in [0.25, 0.3) is 5.91 Å². The number of esters is 1. The fourth-order valence-electron chi connectivity index (χ4n) is 3.09. The van der Waals surface area contributed by atoms with Crippen molar-refractivity contribution in [1.82, 2.24) is 10.3 Å². The predicted molar refractivity (Wildman–Crippen MR) is 114 cm³/mol. The van der Waals surface area contributed by atoms with E-state index in [1.165, 1.54) is 0 Å². The zero-order chi connectivity index (χ0) is 20.6. The molecule has 6 heteroatoms. The van der Waals surface area contributed by atoms with Crippen LogP contribution in [0.5, 0.6) is 0 Å². The second kappa shape index (κ2) is 9.68. The van der Waals surface area contributed by atoms with Gasteiger partial charge in [0.1, 0.15) is 0 Å². The van der Waals surface area contributed by atoms with Crippen LogP contribution in [-0.4, -0.2) is 43.6 Å². The maximum atomic E-state index is 12.5. The number of nitrogens with one attached hydrogen (secondary N) is 1. The molecule has 0 aliphatic carbocycles. The summed E-state index contributed by atoms with van der Waals surface area (Å²) in [6, 6.07) is 19.1. The first-order chi connectivity index (χ1) is 14.0. The van der Waals surface area contributed by atoms with E-state index in [0.717, 1.165) is 29.9 Å². The Morgan fingerprint density at radius 1 is 1.07 bits per heavy atom. The molecule has 1 amide bonds. The van der Waals surface area contributed by atoms with Gasteiger partial charge in [-0.1, -0.05) is 36.4 Å². The number of anilines is 1.